The van der Waals surface area contributed by atoms with Crippen LogP contribution in [0, 0.1) is 0 Å². The van der Waals surface area contributed by atoms with Crippen molar-refractivity contribution in [3.63, 3.8) is 0 Å². The highest BCUT2D eigenvalue weighted by atomic mass is 32.1. The maximum Gasteiger partial charge on any atom is 0.338 e. The molecule has 0 N–H and O–H groups in total. The van der Waals surface area contributed by atoms with Crippen molar-refractivity contribution in [1.82, 2.24) is 4.98 Å². The summed E-state index contributed by atoms with van der Waals surface area (Å²) < 4.78 is 11.1. The summed E-state index contributed by atoms with van der Waals surface area (Å²) in [5.74, 6) is -0.391. The van der Waals surface area contributed by atoms with Crippen LogP contribution in [0.3, 0.4) is 0 Å². The van der Waals surface area contributed by atoms with Gasteiger partial charge in [0, 0.05) is 0 Å². The summed E-state index contributed by atoms with van der Waals surface area (Å²) in [6.07, 6.45) is 0. The van der Waals surface area contributed by atoms with Gasteiger partial charge in [-0.25, -0.2) is 9.78 Å². The normalized spacial score (nSPS) is 10.5. The topological polar surface area (TPSA) is 65.5 Å². The Morgan fingerprint density at radius 1 is 1.17 bits per heavy atom. The van der Waals surface area contributed by atoms with Gasteiger partial charge in [-0.15, -0.1) is 11.3 Å². The summed E-state index contributed by atoms with van der Waals surface area (Å²) in [5, 5.41) is 0. The van der Waals surface area contributed by atoms with Gasteiger partial charge in [-0.05, 0) is 30.3 Å². The van der Waals surface area contributed by atoms with Gasteiger partial charge in [0.1, 0.15) is 5.75 Å². The number of carbonyl (C=O) groups excluding carboxylic acids is 2. The minimum absolute atomic E-state index is 0.310. The minimum Gasteiger partial charge on any atom is -0.496 e. The first kappa shape index (κ1) is 15.2. The van der Waals surface area contributed by atoms with Gasteiger partial charge >= 0.3 is 5.97 Å². The number of aromatic nitrogens is 1. The Morgan fingerprint density at radius 2 is 2.00 bits per heavy atom. The summed E-state index contributed by atoms with van der Waals surface area (Å²) in [6.45, 7) is -0.333. The molecule has 0 saturated heterocycles. The van der Waals surface area contributed by atoms with Gasteiger partial charge in [0.15, 0.2) is 6.61 Å². The molecule has 0 bridgehead atoms. The number of benzene rings is 2. The molecule has 0 amide bonds. The van der Waals surface area contributed by atoms with Gasteiger partial charge in [-0.1, -0.05) is 12.1 Å². The molecular formula is C17H13NO4S. The average Bonchev–Trinajstić information content (AvgIpc) is 3.06. The molecule has 3 aromatic rings. The fourth-order valence-corrected chi connectivity index (χ4v) is 2.87. The molecule has 3 rings (SSSR count). The summed E-state index contributed by atoms with van der Waals surface area (Å²) in [6, 6.07) is 11.9. The van der Waals surface area contributed by atoms with Gasteiger partial charge in [0.25, 0.3) is 0 Å². The number of thiazole rings is 1. The first-order chi connectivity index (χ1) is 11.2. The Balaban J connectivity index is 1.69. The van der Waals surface area contributed by atoms with E-state index in [2.05, 4.69) is 4.98 Å². The third-order valence-electron chi connectivity index (χ3n) is 3.31. The zero-order valence-electron chi connectivity index (χ0n) is 12.3. The number of ketones is 1. The van der Waals surface area contributed by atoms with E-state index in [1.807, 2.05) is 0 Å². The van der Waals surface area contributed by atoms with Gasteiger partial charge < -0.3 is 9.47 Å². The molecule has 0 saturated carbocycles. The molecule has 0 atom stereocenters. The van der Waals surface area contributed by atoms with E-state index in [-0.39, 0.29) is 12.4 Å². The Morgan fingerprint density at radius 3 is 2.83 bits per heavy atom. The number of fused-ring (bicyclic) bond motifs is 1. The fourth-order valence-electron chi connectivity index (χ4n) is 2.15. The molecule has 5 nitrogen and oxygen atoms in total. The van der Waals surface area contributed by atoms with E-state index < -0.39 is 5.97 Å². The molecule has 116 valence electrons. The first-order valence-corrected chi connectivity index (χ1v) is 7.73. The number of hydrogen-bond acceptors (Lipinski definition) is 6. The van der Waals surface area contributed by atoms with E-state index in [1.165, 1.54) is 18.4 Å². The number of esters is 1. The number of ether oxygens (including phenoxy) is 2. The molecule has 0 radical (unpaired) electrons. The number of rotatable bonds is 5. The number of para-hydroxylation sites is 1. The van der Waals surface area contributed by atoms with Crippen molar-refractivity contribution < 1.29 is 19.1 Å². The lowest BCUT2D eigenvalue weighted by molar-refractivity contribution is 0.0474. The van der Waals surface area contributed by atoms with Crippen molar-refractivity contribution in [2.75, 3.05) is 13.7 Å². The van der Waals surface area contributed by atoms with Crippen LogP contribution in [-0.4, -0.2) is 30.5 Å². The smallest absolute Gasteiger partial charge is 0.338 e. The molecule has 0 fully saturated rings. The molecule has 1 heterocycles. The number of carbonyl (C=O) groups is 2. The molecule has 1 aromatic heterocycles. The van der Waals surface area contributed by atoms with E-state index in [0.29, 0.717) is 16.9 Å². The van der Waals surface area contributed by atoms with Crippen LogP contribution in [0.15, 0.2) is 48.0 Å². The molecular weight excluding hydrogens is 314 g/mol. The van der Waals surface area contributed by atoms with E-state index >= 15 is 0 Å². The predicted molar refractivity (Wildman–Crippen MR) is 87.2 cm³/mol. The van der Waals surface area contributed by atoms with Crippen LogP contribution in [0.2, 0.25) is 0 Å². The summed E-state index contributed by atoms with van der Waals surface area (Å²) in [7, 11) is 1.49. The van der Waals surface area contributed by atoms with Crippen molar-refractivity contribution in [3.05, 3.63) is 59.1 Å². The van der Waals surface area contributed by atoms with Crippen LogP contribution >= 0.6 is 11.3 Å². The molecule has 2 aromatic carbocycles. The van der Waals surface area contributed by atoms with Gasteiger partial charge in [-0.2, -0.15) is 0 Å². The van der Waals surface area contributed by atoms with Crippen LogP contribution in [0.4, 0.5) is 0 Å². The van der Waals surface area contributed by atoms with E-state index in [0.717, 1.165) is 10.2 Å². The van der Waals surface area contributed by atoms with Crippen LogP contribution in [0.25, 0.3) is 10.2 Å². The van der Waals surface area contributed by atoms with Crippen LogP contribution in [0.5, 0.6) is 5.75 Å². The molecule has 23 heavy (non-hydrogen) atoms. The fraction of sp³-hybridized carbons (Fsp3) is 0.118. The van der Waals surface area contributed by atoms with Crippen LogP contribution in [0.1, 0.15) is 20.7 Å². The quantitative estimate of drug-likeness (QED) is 0.531. The highest BCUT2D eigenvalue weighted by Gasteiger charge is 2.15. The molecule has 0 aliphatic heterocycles. The second-order valence-electron chi connectivity index (χ2n) is 4.73. The SMILES string of the molecule is COc1ccccc1C(=O)COC(=O)c1ccc2ncsc2c1. The van der Waals surface area contributed by atoms with Gasteiger partial charge in [0.2, 0.25) is 5.78 Å². The zero-order valence-corrected chi connectivity index (χ0v) is 13.1. The molecule has 0 aliphatic carbocycles. The maximum atomic E-state index is 12.2. The van der Waals surface area contributed by atoms with Crippen molar-refractivity contribution in [2.45, 2.75) is 0 Å². The Kier molecular flexibility index (Phi) is 4.34. The second kappa shape index (κ2) is 6.58. The number of hydrogen-bond donors (Lipinski definition) is 0. The largest absolute Gasteiger partial charge is 0.496 e. The lowest BCUT2D eigenvalue weighted by Gasteiger charge is -2.08. The Hall–Kier alpha value is -2.73. The maximum absolute atomic E-state index is 12.2. The molecule has 0 aliphatic rings. The highest BCUT2D eigenvalue weighted by molar-refractivity contribution is 7.16. The van der Waals surface area contributed by atoms with Crippen molar-refractivity contribution in [3.8, 4) is 5.75 Å². The molecule has 0 spiro atoms. The monoisotopic (exact) mass is 327 g/mol. The summed E-state index contributed by atoms with van der Waals surface area (Å²) in [5.41, 5.74) is 3.33. The number of Topliss-reactive ketones (excluding diaryl/α,β-unsaturated/α-hetero) is 1. The summed E-state index contributed by atoms with van der Waals surface area (Å²) >= 11 is 1.44. The van der Waals surface area contributed by atoms with Gasteiger partial charge in [0.05, 0.1) is 34.0 Å². The van der Waals surface area contributed by atoms with E-state index in [1.54, 1.807) is 48.0 Å². The van der Waals surface area contributed by atoms with Crippen LogP contribution < -0.4 is 4.74 Å². The highest BCUT2D eigenvalue weighted by Crippen LogP contribution is 2.20. The third kappa shape index (κ3) is 3.22. The van der Waals surface area contributed by atoms with Crippen molar-refractivity contribution in [2.24, 2.45) is 0 Å². The molecule has 6 heteroatoms. The van der Waals surface area contributed by atoms with Crippen molar-refractivity contribution in [1.29, 1.82) is 0 Å². The van der Waals surface area contributed by atoms with E-state index in [4.69, 9.17) is 9.47 Å². The Labute approximate surface area is 136 Å². The first-order valence-electron chi connectivity index (χ1n) is 6.85. The van der Waals surface area contributed by atoms with Crippen molar-refractivity contribution >= 4 is 33.3 Å². The second-order valence-corrected chi connectivity index (χ2v) is 5.62. The number of nitrogens with zero attached hydrogens (tertiary/aromatic N) is 1. The third-order valence-corrected chi connectivity index (χ3v) is 4.10. The Bertz CT molecular complexity index is 872. The minimum atomic E-state index is -0.538. The molecule has 0 unspecified atom stereocenters. The average molecular weight is 327 g/mol. The van der Waals surface area contributed by atoms with Crippen LogP contribution in [-0.2, 0) is 4.74 Å². The van der Waals surface area contributed by atoms with E-state index in [9.17, 15) is 9.59 Å². The van der Waals surface area contributed by atoms with Gasteiger partial charge in [-0.3, -0.25) is 4.79 Å². The zero-order chi connectivity index (χ0) is 16.2. The standard InChI is InChI=1S/C17H13NO4S/c1-21-15-5-3-2-4-12(15)14(19)9-22-17(20)11-6-7-13-16(8-11)23-10-18-13/h2-8,10H,9H2,1H3. The lowest BCUT2D eigenvalue weighted by Crippen LogP contribution is -2.15. The number of methoxy groups -OCH3 is 1. The summed E-state index contributed by atoms with van der Waals surface area (Å²) in [4.78, 5) is 28.4. The predicted octanol–water partition coefficient (Wildman–Crippen LogP) is 3.34. The lowest BCUT2D eigenvalue weighted by atomic mass is 10.1.